The fraction of sp³-hybridized carbons (Fsp3) is 0.441. The number of anilines is 2. The Morgan fingerprint density at radius 2 is 1.44 bits per heavy atom. The van der Waals surface area contributed by atoms with E-state index in [-0.39, 0.29) is 56.1 Å². The van der Waals surface area contributed by atoms with Crippen molar-refractivity contribution in [3.05, 3.63) is 116 Å². The lowest BCUT2D eigenvalue weighted by atomic mass is 9.49. The highest BCUT2D eigenvalue weighted by atomic mass is 35.5. The van der Waals surface area contributed by atoms with E-state index < -0.39 is 65.7 Å². The number of rotatable bonds is 21. The van der Waals surface area contributed by atoms with Crippen LogP contribution in [0.3, 0.4) is 0 Å². The highest BCUT2D eigenvalue weighted by Gasteiger charge is 2.73. The van der Waals surface area contributed by atoms with E-state index in [4.69, 9.17) is 27.9 Å². The Bertz CT molecular complexity index is 3350. The maximum Gasteiger partial charge on any atom is 0.243 e. The van der Waals surface area contributed by atoms with Crippen LogP contribution in [0.2, 0.25) is 10.0 Å². The predicted octanol–water partition coefficient (Wildman–Crippen LogP) is 4.54. The molecule has 4 heterocycles. The van der Waals surface area contributed by atoms with Gasteiger partial charge in [0.1, 0.15) is 0 Å². The Morgan fingerprint density at radius 1 is 0.778 bits per heavy atom. The van der Waals surface area contributed by atoms with Crippen LogP contribution in [-0.4, -0.2) is 149 Å². The van der Waals surface area contributed by atoms with Gasteiger partial charge in [0.15, 0.2) is 17.6 Å². The summed E-state index contributed by atoms with van der Waals surface area (Å²) in [5, 5.41) is 41.2. The van der Waals surface area contributed by atoms with Crippen molar-refractivity contribution in [3.8, 4) is 11.5 Å². The van der Waals surface area contributed by atoms with Crippen LogP contribution in [0.15, 0.2) is 72.8 Å². The molecule has 5 aromatic rings. The van der Waals surface area contributed by atoms with Crippen molar-refractivity contribution in [2.24, 2.45) is 5.92 Å². The molecule has 0 unspecified atom stereocenters. The summed E-state index contributed by atoms with van der Waals surface area (Å²) in [7, 11) is 1.76. The van der Waals surface area contributed by atoms with Crippen molar-refractivity contribution < 1.29 is 48.5 Å². The lowest BCUT2D eigenvalue weighted by Gasteiger charge is -2.62. The zero-order valence-corrected chi connectivity index (χ0v) is 46.4. The van der Waals surface area contributed by atoms with E-state index in [1.807, 2.05) is 18.2 Å². The molecule has 22 heteroatoms. The number of H-pyrrole nitrogens is 1. The number of aromatic amines is 1. The van der Waals surface area contributed by atoms with E-state index >= 15 is 0 Å². The van der Waals surface area contributed by atoms with E-state index in [2.05, 4.69) is 46.7 Å². The third kappa shape index (κ3) is 11.4. The smallest absolute Gasteiger partial charge is 0.243 e. The molecule has 0 radical (unpaired) electrons. The summed E-state index contributed by atoms with van der Waals surface area (Å²) in [5.41, 5.74) is 5.20. The van der Waals surface area contributed by atoms with Gasteiger partial charge in [0.25, 0.3) is 0 Å². The Hall–Kier alpha value is -7.23. The quantitative estimate of drug-likeness (QED) is 0.0491. The first-order valence-corrected chi connectivity index (χ1v) is 28.5. The van der Waals surface area contributed by atoms with Crippen molar-refractivity contribution in [2.45, 2.75) is 93.4 Å². The third-order valence-corrected chi connectivity index (χ3v) is 17.9. The second-order valence-corrected chi connectivity index (χ2v) is 23.3. The topological polar surface area (TPSA) is 267 Å². The lowest BCUT2D eigenvalue weighted by molar-refractivity contribution is -0.173. The summed E-state index contributed by atoms with van der Waals surface area (Å²) in [6.45, 7) is 2.56. The summed E-state index contributed by atoms with van der Waals surface area (Å²) in [6.07, 6.45) is 5.35. The van der Waals surface area contributed by atoms with Gasteiger partial charge in [-0.15, -0.1) is 0 Å². The van der Waals surface area contributed by atoms with Gasteiger partial charge in [-0.05, 0) is 129 Å². The zero-order chi connectivity index (χ0) is 56.7. The van der Waals surface area contributed by atoms with Crippen LogP contribution in [0.1, 0.15) is 90.6 Å². The van der Waals surface area contributed by atoms with Crippen LogP contribution in [-0.2, 0) is 58.2 Å². The Balaban J connectivity index is 0.597. The molecule has 1 aromatic heterocycles. The molecule has 20 nitrogen and oxygen atoms in total. The van der Waals surface area contributed by atoms with Gasteiger partial charge in [-0.25, -0.2) is 0 Å². The SMILES string of the molecule is CN(C(=O)Cc1ccc(Cl)c(Cl)c1)[C@H](CN1CCCC1)c1cccc(NC(=O)CNC(=O)CNC(=O)CCC(=O)NCC(=O)NCC(=O)Nc2ccc3c4c([nH]c3c2)[C@@H]2Oc3c(O)ccc5c3[C@@]23CCN(CC2CC2)[C@@H](C5)[C@]3(O)C4)c1. The number of phenols is 1. The number of aromatic hydroxyl groups is 1. The van der Waals surface area contributed by atoms with Gasteiger partial charge in [0, 0.05) is 73.3 Å². The minimum Gasteiger partial charge on any atom is -0.504 e. The summed E-state index contributed by atoms with van der Waals surface area (Å²) < 4.78 is 6.70. The number of nitrogens with one attached hydrogen (secondary N) is 7. The molecule has 1 spiro atoms. The first-order chi connectivity index (χ1) is 39.0. The van der Waals surface area contributed by atoms with E-state index in [0.717, 1.165) is 83.4 Å². The van der Waals surface area contributed by atoms with Gasteiger partial charge in [-0.1, -0.05) is 53.5 Å². The van der Waals surface area contributed by atoms with Gasteiger partial charge < -0.3 is 61.6 Å². The largest absolute Gasteiger partial charge is 0.504 e. The molecule has 4 aromatic carbocycles. The number of piperidine rings is 1. The Kier molecular flexibility index (Phi) is 15.8. The molecule has 5 atom stereocenters. The summed E-state index contributed by atoms with van der Waals surface area (Å²) in [5.74, 6) is -2.43. The van der Waals surface area contributed by atoms with Crippen molar-refractivity contribution in [1.82, 2.24) is 41.0 Å². The van der Waals surface area contributed by atoms with Crippen molar-refractivity contribution >= 4 is 86.8 Å². The van der Waals surface area contributed by atoms with Crippen LogP contribution < -0.4 is 36.6 Å². The maximum absolute atomic E-state index is 13.6. The lowest BCUT2D eigenvalue weighted by Crippen LogP contribution is -2.74. The molecule has 2 bridgehead atoms. The Labute approximate surface area is 478 Å². The van der Waals surface area contributed by atoms with Crippen LogP contribution in [0, 0.1) is 5.92 Å². The Morgan fingerprint density at radius 3 is 2.12 bits per heavy atom. The van der Waals surface area contributed by atoms with Crippen LogP contribution in [0.5, 0.6) is 11.5 Å². The molecule has 426 valence electrons. The number of benzene rings is 4. The molecule has 3 aliphatic carbocycles. The number of nitrogens with zero attached hydrogens (tertiary/aromatic N) is 3. The van der Waals surface area contributed by atoms with Gasteiger partial charge >= 0.3 is 0 Å². The molecule has 2 saturated heterocycles. The highest BCUT2D eigenvalue weighted by molar-refractivity contribution is 6.42. The minimum absolute atomic E-state index is 0.0666. The highest BCUT2D eigenvalue weighted by Crippen LogP contribution is 2.69. The number of carbonyl (C=O) groups is 7. The standard InChI is InChI=1S/C59H66Cl2N10O10/c1-69(53(79)22-34-9-13-41(60)42(61)21-34)44(32-70-18-2-3-19-70)35-5-4-6-37(23-35)66-51(77)29-64-49(75)27-62-47(73)15-16-48(74)63-28-50(76)65-30-52(78)67-38-11-12-39-40-26-59(80)46-24-36-10-14-45(72)56-54(36)58(59,17-20-71(46)31-33-7-8-33)57(81-56)55(40)68-43(39)25-38/h4-6,9-14,21,23,25,33,44,46,57,68,72,80H,2-3,7-8,15-20,22,24,26-32H2,1H3,(H,62,73)(H,63,74)(H,64,75)(H,65,76)(H,66,77)(H,67,78)/t44-,46+,57+,58+,59-/m1/s1. The number of ether oxygens (including phenoxy) is 1. The monoisotopic (exact) mass is 1140 g/mol. The van der Waals surface area contributed by atoms with E-state index in [9.17, 15) is 43.8 Å². The number of aliphatic hydroxyl groups is 1. The predicted molar refractivity (Wildman–Crippen MR) is 303 cm³/mol. The van der Waals surface area contributed by atoms with Crippen LogP contribution >= 0.6 is 23.2 Å². The molecule has 3 fully saturated rings. The van der Waals surface area contributed by atoms with Gasteiger partial charge in [-0.3, -0.25) is 38.5 Å². The number of hydrogen-bond donors (Lipinski definition) is 9. The first-order valence-electron chi connectivity index (χ1n) is 27.8. The van der Waals surface area contributed by atoms with Crippen molar-refractivity contribution in [2.75, 3.05) is 76.6 Å². The van der Waals surface area contributed by atoms with Gasteiger partial charge in [-0.2, -0.15) is 0 Å². The first kappa shape index (κ1) is 55.7. The number of hydrogen-bond acceptors (Lipinski definition) is 12. The number of aromatic nitrogens is 1. The molecule has 11 rings (SSSR count). The molecule has 6 aliphatic rings. The zero-order valence-electron chi connectivity index (χ0n) is 44.9. The maximum atomic E-state index is 13.6. The van der Waals surface area contributed by atoms with Crippen LogP contribution in [0.25, 0.3) is 10.9 Å². The number of halogens is 2. The number of fused-ring (bicyclic) bond motifs is 4. The molecule has 1 saturated carbocycles. The molecular formula is C59H66Cl2N10O10. The minimum atomic E-state index is -1.14. The summed E-state index contributed by atoms with van der Waals surface area (Å²) in [4.78, 5) is 99.8. The number of amides is 7. The third-order valence-electron chi connectivity index (χ3n) is 17.2. The molecule has 81 heavy (non-hydrogen) atoms. The van der Waals surface area contributed by atoms with Crippen LogP contribution in [0.4, 0.5) is 11.4 Å². The fourth-order valence-corrected chi connectivity index (χ4v) is 13.3. The summed E-state index contributed by atoms with van der Waals surface area (Å²) >= 11 is 12.3. The molecular weight excluding hydrogens is 1080 g/mol. The number of carbonyl (C=O) groups excluding carboxylic acids is 7. The van der Waals surface area contributed by atoms with Crippen molar-refractivity contribution in [3.63, 3.8) is 0 Å². The number of likely N-dealkylation sites (tertiary alicyclic amines) is 2. The second kappa shape index (κ2) is 23.0. The fourth-order valence-electron chi connectivity index (χ4n) is 13.0. The van der Waals surface area contributed by atoms with E-state index in [1.54, 1.807) is 66.5 Å². The van der Waals surface area contributed by atoms with E-state index in [1.165, 1.54) is 12.8 Å². The van der Waals surface area contributed by atoms with Gasteiger partial charge in [0.05, 0.1) is 65.4 Å². The average molecular weight is 1150 g/mol. The molecule has 9 N–H and O–H groups in total. The molecule has 7 amide bonds. The normalized spacial score (nSPS) is 21.7. The van der Waals surface area contributed by atoms with Gasteiger partial charge in [0.2, 0.25) is 41.4 Å². The number of likely N-dealkylation sites (N-methyl/N-ethyl adjacent to an activating group) is 1. The second-order valence-electron chi connectivity index (χ2n) is 22.5. The van der Waals surface area contributed by atoms with Crippen molar-refractivity contribution in [1.29, 1.82) is 0 Å². The average Bonchev–Trinajstić information content (AvgIpc) is 3.97. The van der Waals surface area contributed by atoms with E-state index in [0.29, 0.717) is 58.9 Å². The summed E-state index contributed by atoms with van der Waals surface area (Å²) in [6, 6.07) is 21.0. The molecule has 3 aliphatic heterocycles. The number of phenolic OH excluding ortho intramolecular Hbond substituents is 1.